The highest BCUT2D eigenvalue weighted by Crippen LogP contribution is 2.18. The van der Waals surface area contributed by atoms with Gasteiger partial charge in [-0.05, 0) is 31.2 Å². The number of nitrogens with one attached hydrogen (secondary N) is 1. The zero-order valence-corrected chi connectivity index (χ0v) is 12.5. The molecule has 0 spiro atoms. The first-order chi connectivity index (χ1) is 10.7. The van der Waals surface area contributed by atoms with Gasteiger partial charge in [0.2, 0.25) is 6.04 Å². The number of ether oxygens (including phenoxy) is 1. The standard InChI is InChI=1S/C18H18FNO2/c1-13(14-5-3-2-4-6-14)20-11-12-22-18(21)17(20)15-7-9-16(19)10-8-15/h2-10,13,17H,11-12H2,1H3/p+1/t13-,17-/m1/s1. The maximum atomic E-state index is 13.1. The van der Waals surface area contributed by atoms with Gasteiger partial charge in [-0.15, -0.1) is 0 Å². The van der Waals surface area contributed by atoms with E-state index in [4.69, 9.17) is 4.74 Å². The van der Waals surface area contributed by atoms with Crippen LogP contribution in [0.5, 0.6) is 0 Å². The molecule has 1 aliphatic rings. The molecule has 2 aromatic carbocycles. The molecule has 0 saturated carbocycles. The fraction of sp³-hybridized carbons (Fsp3) is 0.278. The fourth-order valence-corrected chi connectivity index (χ4v) is 3.08. The number of hydrogen-bond acceptors (Lipinski definition) is 2. The number of hydrogen-bond donors (Lipinski definition) is 1. The van der Waals surface area contributed by atoms with E-state index < -0.39 is 6.04 Å². The van der Waals surface area contributed by atoms with Crippen molar-refractivity contribution in [3.8, 4) is 0 Å². The van der Waals surface area contributed by atoms with Gasteiger partial charge in [-0.25, -0.2) is 9.18 Å². The quantitative estimate of drug-likeness (QED) is 0.880. The molecule has 3 nitrogen and oxygen atoms in total. The summed E-state index contributed by atoms with van der Waals surface area (Å²) in [5, 5.41) is 0. The average Bonchev–Trinajstić information content (AvgIpc) is 2.56. The summed E-state index contributed by atoms with van der Waals surface area (Å²) in [5.74, 6) is -0.541. The Hall–Kier alpha value is -2.20. The van der Waals surface area contributed by atoms with Crippen molar-refractivity contribution in [2.45, 2.75) is 19.0 Å². The van der Waals surface area contributed by atoms with E-state index in [-0.39, 0.29) is 17.8 Å². The van der Waals surface area contributed by atoms with Gasteiger partial charge in [-0.3, -0.25) is 0 Å². The van der Waals surface area contributed by atoms with E-state index >= 15 is 0 Å². The molecular weight excluding hydrogens is 281 g/mol. The molecule has 1 N–H and O–H groups in total. The Morgan fingerprint density at radius 2 is 1.82 bits per heavy atom. The number of halogens is 1. The summed E-state index contributed by atoms with van der Waals surface area (Å²) in [6.07, 6.45) is 0. The monoisotopic (exact) mass is 300 g/mol. The second-order valence-corrected chi connectivity index (χ2v) is 5.61. The van der Waals surface area contributed by atoms with E-state index in [2.05, 4.69) is 19.1 Å². The minimum absolute atomic E-state index is 0.157. The predicted octanol–water partition coefficient (Wildman–Crippen LogP) is 2.07. The van der Waals surface area contributed by atoms with Gasteiger partial charge in [0.05, 0.1) is 0 Å². The summed E-state index contributed by atoms with van der Waals surface area (Å²) < 4.78 is 18.4. The molecule has 1 unspecified atom stereocenters. The number of morpholine rings is 1. The number of benzene rings is 2. The summed E-state index contributed by atoms with van der Waals surface area (Å²) >= 11 is 0. The molecule has 1 fully saturated rings. The Morgan fingerprint density at radius 3 is 2.50 bits per heavy atom. The Kier molecular flexibility index (Phi) is 4.20. The highest BCUT2D eigenvalue weighted by atomic mass is 19.1. The third-order valence-corrected chi connectivity index (χ3v) is 4.30. The van der Waals surface area contributed by atoms with Crippen LogP contribution in [0.4, 0.5) is 4.39 Å². The lowest BCUT2D eigenvalue weighted by molar-refractivity contribution is -0.956. The molecule has 114 valence electrons. The van der Waals surface area contributed by atoms with Crippen LogP contribution in [0.3, 0.4) is 0 Å². The van der Waals surface area contributed by atoms with Crippen molar-refractivity contribution in [3.05, 3.63) is 71.5 Å². The summed E-state index contributed by atoms with van der Waals surface area (Å²) in [5.41, 5.74) is 1.98. The molecule has 0 aliphatic carbocycles. The second-order valence-electron chi connectivity index (χ2n) is 5.61. The Morgan fingerprint density at radius 1 is 1.14 bits per heavy atom. The summed E-state index contributed by atoms with van der Waals surface area (Å²) in [6.45, 7) is 3.27. The van der Waals surface area contributed by atoms with E-state index in [1.54, 1.807) is 12.1 Å². The van der Waals surface area contributed by atoms with Crippen molar-refractivity contribution in [2.75, 3.05) is 13.2 Å². The molecule has 1 saturated heterocycles. The van der Waals surface area contributed by atoms with Crippen molar-refractivity contribution < 1.29 is 18.8 Å². The number of rotatable bonds is 3. The van der Waals surface area contributed by atoms with Crippen molar-refractivity contribution >= 4 is 5.97 Å². The van der Waals surface area contributed by atoms with Gasteiger partial charge < -0.3 is 9.64 Å². The van der Waals surface area contributed by atoms with Gasteiger partial charge in [0.15, 0.2) is 0 Å². The molecule has 0 aromatic heterocycles. The number of carbonyl (C=O) groups is 1. The van der Waals surface area contributed by atoms with E-state index in [1.807, 2.05) is 18.2 Å². The van der Waals surface area contributed by atoms with Crippen LogP contribution in [0, 0.1) is 5.82 Å². The van der Waals surface area contributed by atoms with Crippen LogP contribution < -0.4 is 4.90 Å². The normalized spacial score (nSPS) is 22.9. The average molecular weight is 300 g/mol. The van der Waals surface area contributed by atoms with Crippen molar-refractivity contribution in [1.82, 2.24) is 0 Å². The Balaban J connectivity index is 1.93. The maximum Gasteiger partial charge on any atom is 0.370 e. The summed E-state index contributed by atoms with van der Waals surface area (Å²) in [6, 6.07) is 16.0. The molecule has 1 aliphatic heterocycles. The molecular formula is C18H19FNO2+. The molecule has 0 bridgehead atoms. The third-order valence-electron chi connectivity index (χ3n) is 4.30. The van der Waals surface area contributed by atoms with E-state index in [0.29, 0.717) is 6.61 Å². The van der Waals surface area contributed by atoms with Gasteiger partial charge in [-0.1, -0.05) is 30.3 Å². The molecule has 1 heterocycles. The number of quaternary nitrogens is 1. The van der Waals surface area contributed by atoms with Crippen LogP contribution in [0.25, 0.3) is 0 Å². The zero-order chi connectivity index (χ0) is 15.5. The van der Waals surface area contributed by atoms with Gasteiger partial charge in [-0.2, -0.15) is 0 Å². The predicted molar refractivity (Wildman–Crippen MR) is 80.8 cm³/mol. The van der Waals surface area contributed by atoms with E-state index in [9.17, 15) is 9.18 Å². The minimum Gasteiger partial charge on any atom is -0.455 e. The topological polar surface area (TPSA) is 30.7 Å². The first kappa shape index (κ1) is 14.7. The van der Waals surface area contributed by atoms with Gasteiger partial charge in [0, 0.05) is 11.1 Å². The summed E-state index contributed by atoms with van der Waals surface area (Å²) in [7, 11) is 0. The fourth-order valence-electron chi connectivity index (χ4n) is 3.08. The van der Waals surface area contributed by atoms with Gasteiger partial charge >= 0.3 is 5.97 Å². The number of esters is 1. The molecule has 22 heavy (non-hydrogen) atoms. The first-order valence-electron chi connectivity index (χ1n) is 7.49. The van der Waals surface area contributed by atoms with Gasteiger partial charge in [0.25, 0.3) is 0 Å². The highest BCUT2D eigenvalue weighted by Gasteiger charge is 2.40. The molecule has 4 heteroatoms. The first-order valence-corrected chi connectivity index (χ1v) is 7.49. The minimum atomic E-state index is -0.412. The third kappa shape index (κ3) is 2.88. The highest BCUT2D eigenvalue weighted by molar-refractivity contribution is 5.76. The molecule has 2 aromatic rings. The lowest BCUT2D eigenvalue weighted by Gasteiger charge is -2.35. The van der Waals surface area contributed by atoms with Crippen LogP contribution in [0.2, 0.25) is 0 Å². The zero-order valence-electron chi connectivity index (χ0n) is 12.5. The largest absolute Gasteiger partial charge is 0.455 e. The number of cyclic esters (lactones) is 1. The van der Waals surface area contributed by atoms with E-state index in [1.165, 1.54) is 17.7 Å². The van der Waals surface area contributed by atoms with Crippen molar-refractivity contribution in [1.29, 1.82) is 0 Å². The Labute approximate surface area is 129 Å². The van der Waals surface area contributed by atoms with Crippen LogP contribution in [-0.4, -0.2) is 19.1 Å². The van der Waals surface area contributed by atoms with Crippen LogP contribution in [-0.2, 0) is 9.53 Å². The lowest BCUT2D eigenvalue weighted by Crippen LogP contribution is -3.14. The van der Waals surface area contributed by atoms with Crippen LogP contribution >= 0.6 is 0 Å². The lowest BCUT2D eigenvalue weighted by atomic mass is 9.99. The van der Waals surface area contributed by atoms with Crippen molar-refractivity contribution in [3.63, 3.8) is 0 Å². The SMILES string of the molecule is C[C@H](c1ccccc1)[NH+]1CCOC(=O)[C@H]1c1ccc(F)cc1. The van der Waals surface area contributed by atoms with Crippen LogP contribution in [0.1, 0.15) is 30.1 Å². The summed E-state index contributed by atoms with van der Waals surface area (Å²) in [4.78, 5) is 13.4. The van der Waals surface area contributed by atoms with Crippen molar-refractivity contribution in [2.24, 2.45) is 0 Å². The number of carbonyl (C=O) groups excluding carboxylic acids is 1. The van der Waals surface area contributed by atoms with Gasteiger partial charge in [0.1, 0.15) is 25.0 Å². The molecule has 3 atom stereocenters. The molecule has 3 rings (SSSR count). The molecule has 0 amide bonds. The Bertz CT molecular complexity index is 642. The second kappa shape index (κ2) is 6.28. The maximum absolute atomic E-state index is 13.1. The van der Waals surface area contributed by atoms with E-state index in [0.717, 1.165) is 17.0 Å². The molecule has 0 radical (unpaired) electrons. The van der Waals surface area contributed by atoms with Crippen LogP contribution in [0.15, 0.2) is 54.6 Å². The smallest absolute Gasteiger partial charge is 0.370 e.